The molecule has 140 valence electrons. The van der Waals surface area contributed by atoms with Crippen LogP contribution in [0.15, 0.2) is 18.3 Å². The van der Waals surface area contributed by atoms with Crippen LogP contribution in [0.3, 0.4) is 0 Å². The van der Waals surface area contributed by atoms with Gasteiger partial charge in [0.1, 0.15) is 0 Å². The van der Waals surface area contributed by atoms with Gasteiger partial charge in [0.15, 0.2) is 0 Å². The van der Waals surface area contributed by atoms with Crippen LogP contribution in [-0.2, 0) is 4.79 Å². The van der Waals surface area contributed by atoms with Crippen molar-refractivity contribution in [3.8, 4) is 0 Å². The monoisotopic (exact) mass is 359 g/mol. The molecule has 4 amide bonds. The van der Waals surface area contributed by atoms with Crippen LogP contribution in [-0.4, -0.2) is 64.9 Å². The van der Waals surface area contributed by atoms with Crippen molar-refractivity contribution >= 4 is 17.8 Å². The number of carbonyl (C=O) groups is 3. The summed E-state index contributed by atoms with van der Waals surface area (Å²) in [5.41, 5.74) is 6.71. The maximum Gasteiger partial charge on any atom is 0.314 e. The number of urea groups is 1. The zero-order valence-corrected chi connectivity index (χ0v) is 15.0. The van der Waals surface area contributed by atoms with E-state index in [4.69, 9.17) is 5.73 Å². The first-order valence-corrected chi connectivity index (χ1v) is 9.00. The topological polar surface area (TPSA) is 109 Å². The van der Waals surface area contributed by atoms with Gasteiger partial charge in [-0.2, -0.15) is 0 Å². The first-order valence-electron chi connectivity index (χ1n) is 9.00. The molecule has 8 nitrogen and oxygen atoms in total. The number of rotatable bonds is 3. The molecule has 1 aromatic rings. The summed E-state index contributed by atoms with van der Waals surface area (Å²) in [7, 11) is 0. The van der Waals surface area contributed by atoms with Gasteiger partial charge in [-0.15, -0.1) is 0 Å². The molecule has 0 radical (unpaired) electrons. The van der Waals surface area contributed by atoms with E-state index in [0.29, 0.717) is 44.6 Å². The van der Waals surface area contributed by atoms with Crippen LogP contribution in [0, 0.1) is 12.8 Å². The number of piperidine rings is 1. The van der Waals surface area contributed by atoms with Crippen molar-refractivity contribution in [3.63, 3.8) is 0 Å². The van der Waals surface area contributed by atoms with Crippen LogP contribution < -0.4 is 11.1 Å². The number of primary amides is 1. The van der Waals surface area contributed by atoms with E-state index in [1.807, 2.05) is 13.0 Å². The first kappa shape index (κ1) is 18.2. The number of carbonyl (C=O) groups excluding carboxylic acids is 3. The van der Waals surface area contributed by atoms with E-state index in [0.717, 1.165) is 12.1 Å². The van der Waals surface area contributed by atoms with Gasteiger partial charge in [0.05, 0.1) is 5.56 Å². The third-order valence-electron chi connectivity index (χ3n) is 5.16. The van der Waals surface area contributed by atoms with Gasteiger partial charge in [-0.25, -0.2) is 4.79 Å². The summed E-state index contributed by atoms with van der Waals surface area (Å²) in [5, 5.41) is 3.05. The fraction of sp³-hybridized carbons (Fsp3) is 0.556. The number of amides is 4. The van der Waals surface area contributed by atoms with E-state index in [9.17, 15) is 14.4 Å². The molecule has 2 aliphatic heterocycles. The van der Waals surface area contributed by atoms with Gasteiger partial charge in [-0.3, -0.25) is 14.6 Å². The van der Waals surface area contributed by atoms with Gasteiger partial charge in [-0.05, 0) is 38.3 Å². The van der Waals surface area contributed by atoms with E-state index in [1.165, 1.54) is 0 Å². The van der Waals surface area contributed by atoms with Gasteiger partial charge in [0, 0.05) is 50.0 Å². The number of hydrogen-bond donors (Lipinski definition) is 2. The zero-order chi connectivity index (χ0) is 18.7. The molecule has 0 saturated carbocycles. The molecule has 1 atom stereocenters. The predicted molar refractivity (Wildman–Crippen MR) is 95.3 cm³/mol. The Labute approximate surface area is 152 Å². The summed E-state index contributed by atoms with van der Waals surface area (Å²) in [6.45, 7) is 4.05. The maximum absolute atomic E-state index is 12.5. The highest BCUT2D eigenvalue weighted by molar-refractivity contribution is 5.94. The summed E-state index contributed by atoms with van der Waals surface area (Å²) < 4.78 is 0. The fourth-order valence-electron chi connectivity index (χ4n) is 3.52. The average molecular weight is 359 g/mol. The Hall–Kier alpha value is -2.64. The van der Waals surface area contributed by atoms with Crippen molar-refractivity contribution in [3.05, 3.63) is 29.6 Å². The second-order valence-electron chi connectivity index (χ2n) is 7.03. The molecule has 3 N–H and O–H groups in total. The van der Waals surface area contributed by atoms with Gasteiger partial charge >= 0.3 is 6.03 Å². The molecule has 8 heteroatoms. The molecular formula is C18H25N5O3. The van der Waals surface area contributed by atoms with Gasteiger partial charge in [-0.1, -0.05) is 0 Å². The number of nitrogens with one attached hydrogen (secondary N) is 1. The quantitative estimate of drug-likeness (QED) is 0.819. The Bertz CT molecular complexity index is 683. The highest BCUT2D eigenvalue weighted by atomic mass is 16.2. The van der Waals surface area contributed by atoms with Crippen molar-refractivity contribution in [2.45, 2.75) is 32.2 Å². The fourth-order valence-corrected chi connectivity index (χ4v) is 3.52. The number of nitrogens with two attached hydrogens (primary N) is 1. The highest BCUT2D eigenvalue weighted by Crippen LogP contribution is 2.19. The lowest BCUT2D eigenvalue weighted by Crippen LogP contribution is -2.47. The number of aryl methyl sites for hydroxylation is 1. The Kier molecular flexibility index (Phi) is 5.39. The molecule has 0 aliphatic carbocycles. The van der Waals surface area contributed by atoms with Crippen molar-refractivity contribution in [2.24, 2.45) is 11.7 Å². The van der Waals surface area contributed by atoms with E-state index < -0.39 is 6.03 Å². The smallest absolute Gasteiger partial charge is 0.314 e. The summed E-state index contributed by atoms with van der Waals surface area (Å²) >= 11 is 0. The number of likely N-dealkylation sites (tertiary alicyclic amines) is 2. The average Bonchev–Trinajstić information content (AvgIpc) is 3.10. The van der Waals surface area contributed by atoms with Gasteiger partial charge in [0.25, 0.3) is 5.91 Å². The number of nitrogens with zero attached hydrogens (tertiary/aromatic N) is 3. The largest absolute Gasteiger partial charge is 0.351 e. The van der Waals surface area contributed by atoms with E-state index >= 15 is 0 Å². The van der Waals surface area contributed by atoms with Crippen LogP contribution in [0.5, 0.6) is 0 Å². The molecular weight excluding hydrogens is 334 g/mol. The third-order valence-corrected chi connectivity index (χ3v) is 5.16. The molecule has 2 aliphatic rings. The summed E-state index contributed by atoms with van der Waals surface area (Å²) in [6.07, 6.45) is 3.59. The molecule has 0 bridgehead atoms. The minimum Gasteiger partial charge on any atom is -0.351 e. The molecule has 0 unspecified atom stereocenters. The molecule has 3 heterocycles. The van der Waals surface area contributed by atoms with Crippen LogP contribution in [0.2, 0.25) is 0 Å². The lowest BCUT2D eigenvalue weighted by atomic mass is 9.95. The van der Waals surface area contributed by atoms with Crippen molar-refractivity contribution < 1.29 is 14.4 Å². The zero-order valence-electron chi connectivity index (χ0n) is 15.0. The van der Waals surface area contributed by atoms with Gasteiger partial charge < -0.3 is 20.9 Å². The lowest BCUT2D eigenvalue weighted by Gasteiger charge is -2.30. The van der Waals surface area contributed by atoms with Crippen LogP contribution in [0.4, 0.5) is 4.79 Å². The second-order valence-corrected chi connectivity index (χ2v) is 7.03. The molecule has 1 aromatic heterocycles. The van der Waals surface area contributed by atoms with Gasteiger partial charge in [0.2, 0.25) is 5.91 Å². The standard InChI is InChI=1S/C18H25N5O3/c1-12-2-3-14(10-20-12)17(25)23-9-6-15(11-23)21-16(24)13-4-7-22(8-5-13)18(19)26/h2-3,10,13,15H,4-9,11H2,1H3,(H2,19,26)(H,21,24)/t15-/m1/s1. The van der Waals surface area contributed by atoms with Crippen molar-refractivity contribution in [1.82, 2.24) is 20.1 Å². The molecule has 26 heavy (non-hydrogen) atoms. The summed E-state index contributed by atoms with van der Waals surface area (Å²) in [5.74, 6) is -0.147. The van der Waals surface area contributed by atoms with E-state index in [2.05, 4.69) is 10.3 Å². The normalized spacial score (nSPS) is 20.9. The summed E-state index contributed by atoms with van der Waals surface area (Å²) in [6, 6.07) is 3.14. The van der Waals surface area contributed by atoms with Crippen LogP contribution in [0.1, 0.15) is 35.3 Å². The number of pyridine rings is 1. The Balaban J connectivity index is 1.48. The van der Waals surface area contributed by atoms with Crippen molar-refractivity contribution in [1.29, 1.82) is 0 Å². The van der Waals surface area contributed by atoms with Crippen molar-refractivity contribution in [2.75, 3.05) is 26.2 Å². The molecule has 0 spiro atoms. The Morgan fingerprint density at radius 2 is 1.81 bits per heavy atom. The maximum atomic E-state index is 12.5. The van der Waals surface area contributed by atoms with Crippen LogP contribution >= 0.6 is 0 Å². The molecule has 3 rings (SSSR count). The van der Waals surface area contributed by atoms with Crippen LogP contribution in [0.25, 0.3) is 0 Å². The predicted octanol–water partition coefficient (Wildman–Crippen LogP) is 0.511. The SMILES string of the molecule is Cc1ccc(C(=O)N2CC[C@@H](NC(=O)C3CCN(C(N)=O)CC3)C2)cn1. The second kappa shape index (κ2) is 7.72. The molecule has 2 saturated heterocycles. The molecule has 2 fully saturated rings. The Morgan fingerprint density at radius 1 is 1.12 bits per heavy atom. The van der Waals surface area contributed by atoms with E-state index in [-0.39, 0.29) is 23.8 Å². The molecule has 0 aromatic carbocycles. The van der Waals surface area contributed by atoms with E-state index in [1.54, 1.807) is 22.1 Å². The number of hydrogen-bond acceptors (Lipinski definition) is 4. The summed E-state index contributed by atoms with van der Waals surface area (Å²) in [4.78, 5) is 43.6. The lowest BCUT2D eigenvalue weighted by molar-refractivity contribution is -0.126. The first-order chi connectivity index (χ1) is 12.4. The third kappa shape index (κ3) is 4.12. The number of aromatic nitrogens is 1. The Morgan fingerprint density at radius 3 is 2.42 bits per heavy atom. The minimum absolute atomic E-state index is 0.00502. The highest BCUT2D eigenvalue weighted by Gasteiger charge is 2.31. The minimum atomic E-state index is -0.431.